The van der Waals surface area contributed by atoms with Gasteiger partial charge in [0.25, 0.3) is 0 Å². The lowest BCUT2D eigenvalue weighted by Gasteiger charge is -2.06. The number of nitrogens with one attached hydrogen (secondary N) is 2. The average molecular weight is 390 g/mol. The molecule has 0 atom stereocenters. The Bertz CT molecular complexity index is 1040. The molecule has 0 aliphatic carbocycles. The molecule has 0 saturated heterocycles. The summed E-state index contributed by atoms with van der Waals surface area (Å²) < 4.78 is 6.40. The molecule has 7 heteroatoms. The average Bonchev–Trinajstić information content (AvgIpc) is 3.02. The molecule has 0 bridgehead atoms. The van der Waals surface area contributed by atoms with Crippen molar-refractivity contribution in [2.75, 3.05) is 17.7 Å². The number of rotatable bonds is 5. The minimum Gasteiger partial charge on any atom is -0.453 e. The number of aryl methyl sites for hydroxylation is 1. The number of anilines is 2. The van der Waals surface area contributed by atoms with Crippen LogP contribution in [0.25, 0.3) is 11.8 Å². The van der Waals surface area contributed by atoms with Crippen LogP contribution in [0.2, 0.25) is 0 Å². The molecule has 0 radical (unpaired) electrons. The Hall–Kier alpha value is -3.87. The highest BCUT2D eigenvalue weighted by molar-refractivity contribution is 6.02. The van der Waals surface area contributed by atoms with E-state index in [0.29, 0.717) is 11.4 Å². The van der Waals surface area contributed by atoms with Gasteiger partial charge in [-0.05, 0) is 56.3 Å². The second-order valence-corrected chi connectivity index (χ2v) is 6.35. The highest BCUT2D eigenvalue weighted by atomic mass is 16.5. The number of aromatic nitrogens is 2. The number of para-hydroxylation sites is 1. The summed E-state index contributed by atoms with van der Waals surface area (Å²) in [5.74, 6) is -0.259. The van der Waals surface area contributed by atoms with Crippen LogP contribution >= 0.6 is 0 Å². The summed E-state index contributed by atoms with van der Waals surface area (Å²) in [6.07, 6.45) is 2.69. The Morgan fingerprint density at radius 1 is 0.966 bits per heavy atom. The summed E-state index contributed by atoms with van der Waals surface area (Å²) in [6, 6.07) is 16.6. The molecule has 1 aromatic heterocycles. The molecule has 2 N–H and O–H groups in total. The smallest absolute Gasteiger partial charge is 0.411 e. The first kappa shape index (κ1) is 19.9. The van der Waals surface area contributed by atoms with Crippen molar-refractivity contribution in [3.63, 3.8) is 0 Å². The highest BCUT2D eigenvalue weighted by Crippen LogP contribution is 2.19. The fraction of sp³-hybridized carbons (Fsp3) is 0.136. The third-order valence-electron chi connectivity index (χ3n) is 4.33. The van der Waals surface area contributed by atoms with Crippen molar-refractivity contribution in [1.82, 2.24) is 9.78 Å². The normalized spacial score (nSPS) is 10.7. The summed E-state index contributed by atoms with van der Waals surface area (Å²) in [7, 11) is 1.29. The van der Waals surface area contributed by atoms with E-state index < -0.39 is 6.09 Å². The van der Waals surface area contributed by atoms with Crippen molar-refractivity contribution in [2.45, 2.75) is 13.8 Å². The van der Waals surface area contributed by atoms with Crippen LogP contribution in [0.15, 0.2) is 60.7 Å². The molecule has 2 amide bonds. The molecule has 3 aromatic rings. The van der Waals surface area contributed by atoms with Crippen molar-refractivity contribution in [3.8, 4) is 5.69 Å². The van der Waals surface area contributed by atoms with Gasteiger partial charge in [0.05, 0.1) is 18.5 Å². The molecule has 1 heterocycles. The van der Waals surface area contributed by atoms with Gasteiger partial charge in [-0.1, -0.05) is 18.2 Å². The monoisotopic (exact) mass is 390 g/mol. The summed E-state index contributed by atoms with van der Waals surface area (Å²) in [5, 5.41) is 9.91. The van der Waals surface area contributed by atoms with Crippen LogP contribution in [0.5, 0.6) is 0 Å². The third-order valence-corrected chi connectivity index (χ3v) is 4.33. The van der Waals surface area contributed by atoms with E-state index in [0.717, 1.165) is 22.6 Å². The minimum atomic E-state index is -0.550. The molecule has 2 aromatic carbocycles. The minimum absolute atomic E-state index is 0.259. The summed E-state index contributed by atoms with van der Waals surface area (Å²) in [4.78, 5) is 23.5. The number of carbonyl (C=O) groups is 2. The van der Waals surface area contributed by atoms with Gasteiger partial charge in [0, 0.05) is 28.7 Å². The Balaban J connectivity index is 1.68. The predicted octanol–water partition coefficient (Wildman–Crippen LogP) is 4.32. The molecule has 3 rings (SSSR count). The van der Waals surface area contributed by atoms with Crippen molar-refractivity contribution < 1.29 is 14.3 Å². The molecule has 148 valence electrons. The van der Waals surface area contributed by atoms with Crippen LogP contribution in [0.3, 0.4) is 0 Å². The number of hydrogen-bond acceptors (Lipinski definition) is 4. The molecule has 7 nitrogen and oxygen atoms in total. The number of hydrogen-bond donors (Lipinski definition) is 2. The van der Waals surface area contributed by atoms with E-state index in [2.05, 4.69) is 20.5 Å². The van der Waals surface area contributed by atoms with Crippen LogP contribution in [0.4, 0.5) is 16.2 Å². The Morgan fingerprint density at radius 2 is 1.59 bits per heavy atom. The highest BCUT2D eigenvalue weighted by Gasteiger charge is 2.11. The molecular formula is C22H22N4O3. The van der Waals surface area contributed by atoms with Gasteiger partial charge in [0.1, 0.15) is 0 Å². The molecular weight excluding hydrogens is 368 g/mol. The first-order valence-electron chi connectivity index (χ1n) is 9.03. The Morgan fingerprint density at radius 3 is 2.21 bits per heavy atom. The Labute approximate surface area is 169 Å². The van der Waals surface area contributed by atoms with Crippen molar-refractivity contribution >= 4 is 29.5 Å². The molecule has 0 aliphatic rings. The molecule has 0 aliphatic heterocycles. The zero-order valence-electron chi connectivity index (χ0n) is 16.5. The molecule has 29 heavy (non-hydrogen) atoms. The SMILES string of the molecule is COC(=O)Nc1ccc(NC(=O)C=Cc2c(C)nn(-c3ccccc3)c2C)cc1. The lowest BCUT2D eigenvalue weighted by molar-refractivity contribution is -0.111. The zero-order valence-corrected chi connectivity index (χ0v) is 16.5. The lowest BCUT2D eigenvalue weighted by atomic mass is 10.2. The van der Waals surface area contributed by atoms with Crippen LogP contribution < -0.4 is 10.6 Å². The second kappa shape index (κ2) is 8.88. The summed E-state index contributed by atoms with van der Waals surface area (Å²) >= 11 is 0. The van der Waals surface area contributed by atoms with Gasteiger partial charge in [-0.25, -0.2) is 9.48 Å². The fourth-order valence-electron chi connectivity index (χ4n) is 2.87. The number of benzene rings is 2. The molecule has 0 fully saturated rings. The van der Waals surface area contributed by atoms with E-state index in [1.54, 1.807) is 30.3 Å². The van der Waals surface area contributed by atoms with Gasteiger partial charge < -0.3 is 10.1 Å². The van der Waals surface area contributed by atoms with E-state index >= 15 is 0 Å². The lowest BCUT2D eigenvalue weighted by Crippen LogP contribution is -2.11. The largest absolute Gasteiger partial charge is 0.453 e. The van der Waals surface area contributed by atoms with E-state index in [9.17, 15) is 9.59 Å². The number of nitrogens with zero attached hydrogens (tertiary/aromatic N) is 2. The van der Waals surface area contributed by atoms with Crippen LogP contribution in [-0.2, 0) is 9.53 Å². The molecule has 0 spiro atoms. The van der Waals surface area contributed by atoms with Gasteiger partial charge in [-0.3, -0.25) is 10.1 Å². The standard InChI is InChI=1S/C22H22N4O3/c1-15-20(16(2)26(25-15)19-7-5-4-6-8-19)13-14-21(27)23-17-9-11-18(12-10-17)24-22(28)29-3/h4-14H,1-3H3,(H,23,27)(H,24,28). The predicted molar refractivity (Wildman–Crippen MR) is 113 cm³/mol. The van der Waals surface area contributed by atoms with Crippen molar-refractivity contribution in [2.24, 2.45) is 0 Å². The quantitative estimate of drug-likeness (QED) is 0.636. The maximum absolute atomic E-state index is 12.3. The van der Waals surface area contributed by atoms with Crippen molar-refractivity contribution in [3.05, 3.63) is 77.6 Å². The third kappa shape index (κ3) is 4.90. The molecule has 0 unspecified atom stereocenters. The van der Waals surface area contributed by atoms with Crippen LogP contribution in [-0.4, -0.2) is 28.9 Å². The van der Waals surface area contributed by atoms with Crippen molar-refractivity contribution in [1.29, 1.82) is 0 Å². The second-order valence-electron chi connectivity index (χ2n) is 6.35. The maximum atomic E-state index is 12.3. The van der Waals surface area contributed by atoms with Gasteiger partial charge in [-0.2, -0.15) is 5.10 Å². The number of carbonyl (C=O) groups excluding carboxylic acids is 2. The van der Waals surface area contributed by atoms with Crippen LogP contribution in [0.1, 0.15) is 17.0 Å². The zero-order chi connectivity index (χ0) is 20.8. The topological polar surface area (TPSA) is 85.2 Å². The summed E-state index contributed by atoms with van der Waals surface area (Å²) in [6.45, 7) is 3.88. The van der Waals surface area contributed by atoms with Gasteiger partial charge in [-0.15, -0.1) is 0 Å². The Kier molecular flexibility index (Phi) is 6.09. The van der Waals surface area contributed by atoms with E-state index in [4.69, 9.17) is 0 Å². The fourth-order valence-corrected chi connectivity index (χ4v) is 2.87. The first-order valence-corrected chi connectivity index (χ1v) is 9.03. The molecule has 0 saturated carbocycles. The number of amides is 2. The van der Waals surface area contributed by atoms with Crippen LogP contribution in [0, 0.1) is 13.8 Å². The maximum Gasteiger partial charge on any atom is 0.411 e. The van der Waals surface area contributed by atoms with Gasteiger partial charge >= 0.3 is 6.09 Å². The van der Waals surface area contributed by atoms with E-state index in [-0.39, 0.29) is 5.91 Å². The number of ether oxygens (including phenoxy) is 1. The summed E-state index contributed by atoms with van der Waals surface area (Å²) in [5.41, 5.74) is 4.86. The van der Waals surface area contributed by atoms with E-state index in [1.807, 2.05) is 48.9 Å². The van der Waals surface area contributed by atoms with E-state index in [1.165, 1.54) is 13.2 Å². The van der Waals surface area contributed by atoms with Gasteiger partial charge in [0.15, 0.2) is 0 Å². The van der Waals surface area contributed by atoms with Gasteiger partial charge in [0.2, 0.25) is 5.91 Å². The first-order chi connectivity index (χ1) is 14.0. The number of methoxy groups -OCH3 is 1.